The number of hydrogen-bond acceptors (Lipinski definition) is 3. The third-order valence-electron chi connectivity index (χ3n) is 7.85. The van der Waals surface area contributed by atoms with Crippen molar-refractivity contribution < 1.29 is 13.9 Å². The van der Waals surface area contributed by atoms with E-state index in [4.69, 9.17) is 13.9 Å². The summed E-state index contributed by atoms with van der Waals surface area (Å²) in [5, 5.41) is 4.58. The van der Waals surface area contributed by atoms with Crippen molar-refractivity contribution >= 4 is 43.7 Å². The zero-order valence-corrected chi connectivity index (χ0v) is 21.3. The predicted octanol–water partition coefficient (Wildman–Crippen LogP) is 10.2. The maximum atomic E-state index is 6.54. The van der Waals surface area contributed by atoms with E-state index in [1.54, 1.807) is 0 Å². The summed E-state index contributed by atoms with van der Waals surface area (Å²) >= 11 is 0. The van der Waals surface area contributed by atoms with Gasteiger partial charge in [0.1, 0.15) is 11.2 Å². The Morgan fingerprint density at radius 1 is 0.450 bits per heavy atom. The Morgan fingerprint density at radius 2 is 1.07 bits per heavy atom. The third kappa shape index (κ3) is 2.96. The second-order valence-corrected chi connectivity index (χ2v) is 10.1. The molecule has 6 aromatic carbocycles. The summed E-state index contributed by atoms with van der Waals surface area (Å²) in [6.07, 6.45) is 0. The molecule has 0 atom stereocenters. The van der Waals surface area contributed by atoms with Crippen LogP contribution in [0.15, 0.2) is 132 Å². The van der Waals surface area contributed by atoms with Gasteiger partial charge in [-0.2, -0.15) is 0 Å². The number of fused-ring (bicyclic) bond motifs is 8. The van der Waals surface area contributed by atoms with Crippen LogP contribution < -0.4 is 9.47 Å². The number of hydrogen-bond donors (Lipinski definition) is 0. The van der Waals surface area contributed by atoms with Crippen molar-refractivity contribution in [3.05, 3.63) is 127 Å². The monoisotopic (exact) mass is 515 g/mol. The highest BCUT2D eigenvalue weighted by molar-refractivity contribution is 6.13. The van der Waals surface area contributed by atoms with E-state index < -0.39 is 0 Å². The number of furan rings is 1. The van der Waals surface area contributed by atoms with E-state index in [2.05, 4.69) is 83.4 Å². The predicted molar refractivity (Wildman–Crippen MR) is 160 cm³/mol. The first-order valence-corrected chi connectivity index (χ1v) is 13.4. The van der Waals surface area contributed by atoms with Crippen LogP contribution in [0, 0.1) is 0 Å². The lowest BCUT2D eigenvalue weighted by Crippen LogP contribution is -2.01. The molecule has 3 heterocycles. The molecule has 2 aromatic heterocycles. The van der Waals surface area contributed by atoms with Crippen LogP contribution in [0.1, 0.15) is 0 Å². The Morgan fingerprint density at radius 3 is 1.85 bits per heavy atom. The van der Waals surface area contributed by atoms with Crippen molar-refractivity contribution in [2.45, 2.75) is 0 Å². The summed E-state index contributed by atoms with van der Waals surface area (Å²) in [7, 11) is 0. The first kappa shape index (κ1) is 21.5. The van der Waals surface area contributed by atoms with E-state index in [0.29, 0.717) is 23.0 Å². The van der Waals surface area contributed by atoms with Gasteiger partial charge >= 0.3 is 0 Å². The minimum absolute atomic E-state index is 0.683. The van der Waals surface area contributed by atoms with E-state index in [9.17, 15) is 0 Å². The van der Waals surface area contributed by atoms with Crippen LogP contribution in [-0.4, -0.2) is 4.57 Å². The standard InChI is InChI=1S/C36H21NO3/c1-4-14-29-23(10-1)24-11-2-5-15-30(24)37(29)22-20-27-25-12-3-6-16-31(25)39-35(27)28(21-22)26-13-9-19-34-36(26)40-33-18-8-7-17-32(33)38-34/h1-21H. The Hall–Kier alpha value is -5.48. The molecule has 0 saturated heterocycles. The van der Waals surface area contributed by atoms with Crippen LogP contribution in [-0.2, 0) is 0 Å². The van der Waals surface area contributed by atoms with Gasteiger partial charge in [0, 0.05) is 38.4 Å². The highest BCUT2D eigenvalue weighted by atomic mass is 16.6. The quantitative estimate of drug-likeness (QED) is 0.230. The molecule has 4 heteroatoms. The molecule has 40 heavy (non-hydrogen) atoms. The lowest BCUT2D eigenvalue weighted by Gasteiger charge is -2.23. The van der Waals surface area contributed by atoms with Crippen molar-refractivity contribution in [1.29, 1.82) is 0 Å². The van der Waals surface area contributed by atoms with Gasteiger partial charge in [0.25, 0.3) is 0 Å². The lowest BCUT2D eigenvalue weighted by molar-refractivity contribution is 0.361. The molecule has 0 radical (unpaired) electrons. The van der Waals surface area contributed by atoms with Gasteiger partial charge in [0.2, 0.25) is 0 Å². The van der Waals surface area contributed by atoms with Gasteiger partial charge in [-0.25, -0.2) is 0 Å². The fourth-order valence-electron chi connectivity index (χ4n) is 6.10. The highest BCUT2D eigenvalue weighted by Crippen LogP contribution is 2.51. The van der Waals surface area contributed by atoms with Gasteiger partial charge in [-0.15, -0.1) is 0 Å². The maximum absolute atomic E-state index is 6.54. The normalized spacial score (nSPS) is 12.4. The largest absolute Gasteiger partial charge is 0.455 e. The van der Waals surface area contributed by atoms with Gasteiger partial charge in [0.15, 0.2) is 23.0 Å². The molecule has 0 aliphatic carbocycles. The minimum atomic E-state index is 0.683. The molecular weight excluding hydrogens is 494 g/mol. The van der Waals surface area contributed by atoms with Gasteiger partial charge in [-0.3, -0.25) is 0 Å². The van der Waals surface area contributed by atoms with Crippen molar-refractivity contribution in [1.82, 2.24) is 4.57 Å². The molecule has 4 nitrogen and oxygen atoms in total. The average Bonchev–Trinajstić information content (AvgIpc) is 3.55. The average molecular weight is 516 g/mol. The number of aromatic nitrogens is 1. The summed E-state index contributed by atoms with van der Waals surface area (Å²) in [4.78, 5) is 0. The molecule has 0 amide bonds. The van der Waals surface area contributed by atoms with Crippen LogP contribution in [0.2, 0.25) is 0 Å². The Bertz CT molecular complexity index is 2230. The van der Waals surface area contributed by atoms with Crippen LogP contribution >= 0.6 is 0 Å². The van der Waals surface area contributed by atoms with E-state index in [0.717, 1.165) is 49.8 Å². The number of ether oxygens (including phenoxy) is 2. The molecule has 188 valence electrons. The van der Waals surface area contributed by atoms with Crippen molar-refractivity contribution in [3.8, 4) is 39.8 Å². The summed E-state index contributed by atoms with van der Waals surface area (Å²) in [6, 6.07) is 43.6. The van der Waals surface area contributed by atoms with Gasteiger partial charge in [-0.1, -0.05) is 78.9 Å². The first-order chi connectivity index (χ1) is 19.8. The number of para-hydroxylation sites is 6. The molecule has 1 aliphatic rings. The lowest BCUT2D eigenvalue weighted by atomic mass is 9.99. The van der Waals surface area contributed by atoms with E-state index in [-0.39, 0.29) is 0 Å². The smallest absolute Gasteiger partial charge is 0.178 e. The van der Waals surface area contributed by atoms with Crippen molar-refractivity contribution in [3.63, 3.8) is 0 Å². The van der Waals surface area contributed by atoms with Crippen LogP contribution in [0.4, 0.5) is 0 Å². The Kier molecular flexibility index (Phi) is 4.30. The third-order valence-corrected chi connectivity index (χ3v) is 7.85. The molecule has 0 spiro atoms. The molecule has 0 N–H and O–H groups in total. The molecule has 0 bridgehead atoms. The molecule has 9 rings (SSSR count). The number of nitrogens with zero attached hydrogens (tertiary/aromatic N) is 1. The van der Waals surface area contributed by atoms with E-state index >= 15 is 0 Å². The summed E-state index contributed by atoms with van der Waals surface area (Å²) in [5.41, 5.74) is 6.91. The van der Waals surface area contributed by atoms with Gasteiger partial charge in [-0.05, 0) is 48.5 Å². The number of benzene rings is 6. The van der Waals surface area contributed by atoms with Crippen LogP contribution in [0.5, 0.6) is 23.0 Å². The van der Waals surface area contributed by atoms with Crippen molar-refractivity contribution in [2.24, 2.45) is 0 Å². The van der Waals surface area contributed by atoms with E-state index in [1.165, 1.54) is 10.8 Å². The first-order valence-electron chi connectivity index (χ1n) is 13.4. The zero-order chi connectivity index (χ0) is 26.2. The van der Waals surface area contributed by atoms with Gasteiger partial charge < -0.3 is 18.5 Å². The second kappa shape index (κ2) is 8.01. The second-order valence-electron chi connectivity index (χ2n) is 10.1. The van der Waals surface area contributed by atoms with Crippen LogP contribution in [0.3, 0.4) is 0 Å². The molecule has 1 aliphatic heterocycles. The fourth-order valence-corrected chi connectivity index (χ4v) is 6.10. The zero-order valence-electron chi connectivity index (χ0n) is 21.3. The summed E-state index contributed by atoms with van der Waals surface area (Å²) in [5.74, 6) is 2.77. The fraction of sp³-hybridized carbons (Fsp3) is 0. The molecule has 8 aromatic rings. The van der Waals surface area contributed by atoms with Crippen molar-refractivity contribution in [2.75, 3.05) is 0 Å². The highest BCUT2D eigenvalue weighted by Gasteiger charge is 2.25. The van der Waals surface area contributed by atoms with Crippen LogP contribution in [0.25, 0.3) is 60.6 Å². The van der Waals surface area contributed by atoms with E-state index in [1.807, 2.05) is 48.5 Å². The summed E-state index contributed by atoms with van der Waals surface area (Å²) < 4.78 is 21.6. The van der Waals surface area contributed by atoms with Gasteiger partial charge in [0.05, 0.1) is 11.0 Å². The molecule has 0 saturated carbocycles. The Labute approximate surface area is 229 Å². The molecular formula is C36H21NO3. The number of rotatable bonds is 2. The SMILES string of the molecule is c1ccc2c(c1)Oc1cccc(-c3cc(-n4c5ccccc5c5ccccc54)cc4c3oc3ccccc34)c1O2. The molecule has 0 unspecified atom stereocenters. The Balaban J connectivity index is 1.39. The molecule has 0 fully saturated rings. The minimum Gasteiger partial charge on any atom is -0.455 e. The topological polar surface area (TPSA) is 36.5 Å². The summed E-state index contributed by atoms with van der Waals surface area (Å²) in [6.45, 7) is 0. The maximum Gasteiger partial charge on any atom is 0.178 e.